The van der Waals surface area contributed by atoms with Crippen molar-refractivity contribution >= 4 is 32.6 Å². The van der Waals surface area contributed by atoms with Crippen LogP contribution in [0.4, 0.5) is 0 Å². The molecule has 25 heavy (non-hydrogen) atoms. The third kappa shape index (κ3) is 4.06. The molecule has 4 nitrogen and oxygen atoms in total. The van der Waals surface area contributed by atoms with Crippen LogP contribution >= 0.6 is 15.9 Å². The fourth-order valence-electron chi connectivity index (χ4n) is 2.40. The van der Waals surface area contributed by atoms with Crippen LogP contribution in [-0.2, 0) is 0 Å². The molecule has 0 fully saturated rings. The third-order valence-corrected chi connectivity index (χ3v) is 4.01. The van der Waals surface area contributed by atoms with E-state index < -0.39 is 0 Å². The number of fused-ring (bicyclic) bond motifs is 1. The standard InChI is InChI=1S/C20H17BrN2O2/c1-23(2)13-19(20(24)14-6-4-3-5-7-14)25-18-10-11-22-17-12-15(21)8-9-16(17)18/h3-13H,1-2H3. The first kappa shape index (κ1) is 17.2. The van der Waals surface area contributed by atoms with Crippen molar-refractivity contribution in [1.82, 2.24) is 9.88 Å². The zero-order chi connectivity index (χ0) is 17.8. The summed E-state index contributed by atoms with van der Waals surface area (Å²) in [5, 5.41) is 0.844. The number of ether oxygens (including phenoxy) is 1. The summed E-state index contributed by atoms with van der Waals surface area (Å²) in [6.45, 7) is 0. The van der Waals surface area contributed by atoms with Crippen LogP contribution in [-0.4, -0.2) is 29.8 Å². The van der Waals surface area contributed by atoms with Crippen LogP contribution in [0.15, 0.2) is 77.2 Å². The van der Waals surface area contributed by atoms with Gasteiger partial charge in [0.25, 0.3) is 0 Å². The van der Waals surface area contributed by atoms with E-state index in [1.54, 1.807) is 35.5 Å². The summed E-state index contributed by atoms with van der Waals surface area (Å²) in [5.41, 5.74) is 1.37. The molecular formula is C20H17BrN2O2. The van der Waals surface area contributed by atoms with Crippen molar-refractivity contribution in [2.24, 2.45) is 0 Å². The Labute approximate surface area is 154 Å². The molecule has 0 aliphatic carbocycles. The van der Waals surface area contributed by atoms with E-state index in [1.165, 1.54) is 0 Å². The highest BCUT2D eigenvalue weighted by molar-refractivity contribution is 9.10. The van der Waals surface area contributed by atoms with Crippen molar-refractivity contribution in [1.29, 1.82) is 0 Å². The zero-order valence-electron chi connectivity index (χ0n) is 13.9. The molecule has 0 aliphatic heterocycles. The Balaban J connectivity index is 2.01. The average Bonchev–Trinajstić information content (AvgIpc) is 2.61. The minimum Gasteiger partial charge on any atom is -0.451 e. The maximum atomic E-state index is 12.8. The lowest BCUT2D eigenvalue weighted by Gasteiger charge is -2.14. The highest BCUT2D eigenvalue weighted by Crippen LogP contribution is 2.28. The molecule has 3 rings (SSSR count). The number of nitrogens with zero attached hydrogens (tertiary/aromatic N) is 2. The van der Waals surface area contributed by atoms with Crippen LogP contribution in [0.5, 0.6) is 5.75 Å². The third-order valence-electron chi connectivity index (χ3n) is 3.52. The molecule has 2 aromatic carbocycles. The van der Waals surface area contributed by atoms with E-state index in [4.69, 9.17) is 4.74 Å². The second kappa shape index (κ2) is 7.49. The second-order valence-electron chi connectivity index (χ2n) is 5.72. The number of ketones is 1. The minimum atomic E-state index is -0.170. The summed E-state index contributed by atoms with van der Waals surface area (Å²) in [6.07, 6.45) is 3.35. The van der Waals surface area contributed by atoms with E-state index in [-0.39, 0.29) is 11.5 Å². The highest BCUT2D eigenvalue weighted by Gasteiger charge is 2.16. The first-order chi connectivity index (χ1) is 12.0. The van der Waals surface area contributed by atoms with Crippen molar-refractivity contribution in [3.63, 3.8) is 0 Å². The van der Waals surface area contributed by atoms with Crippen LogP contribution in [0.2, 0.25) is 0 Å². The van der Waals surface area contributed by atoms with Crippen molar-refractivity contribution in [3.8, 4) is 5.75 Å². The largest absolute Gasteiger partial charge is 0.451 e. The molecule has 0 N–H and O–H groups in total. The van der Waals surface area contributed by atoms with Gasteiger partial charge < -0.3 is 9.64 Å². The zero-order valence-corrected chi connectivity index (χ0v) is 15.5. The molecule has 126 valence electrons. The van der Waals surface area contributed by atoms with E-state index in [2.05, 4.69) is 20.9 Å². The number of rotatable bonds is 5. The van der Waals surface area contributed by atoms with Gasteiger partial charge in [-0.1, -0.05) is 46.3 Å². The Bertz CT molecular complexity index is 937. The number of hydrogen-bond donors (Lipinski definition) is 0. The van der Waals surface area contributed by atoms with E-state index in [1.807, 2.05) is 50.5 Å². The number of pyridine rings is 1. The summed E-state index contributed by atoms with van der Waals surface area (Å²) in [4.78, 5) is 19.0. The van der Waals surface area contributed by atoms with Crippen LogP contribution in [0, 0.1) is 0 Å². The van der Waals surface area contributed by atoms with Gasteiger partial charge in [-0.25, -0.2) is 0 Å². The Kier molecular flexibility index (Phi) is 5.14. The van der Waals surface area contributed by atoms with Crippen LogP contribution < -0.4 is 4.74 Å². The number of hydrogen-bond acceptors (Lipinski definition) is 4. The van der Waals surface area contributed by atoms with Crippen molar-refractivity contribution in [3.05, 3.63) is 82.8 Å². The van der Waals surface area contributed by atoms with Crippen molar-refractivity contribution in [2.45, 2.75) is 0 Å². The number of Topliss-reactive ketones (excluding diaryl/α,β-unsaturated/α-hetero) is 1. The van der Waals surface area contributed by atoms with E-state index in [9.17, 15) is 4.79 Å². The Hall–Kier alpha value is -2.66. The van der Waals surface area contributed by atoms with Gasteiger partial charge in [0, 0.05) is 41.9 Å². The fourth-order valence-corrected chi connectivity index (χ4v) is 2.75. The molecule has 0 bridgehead atoms. The van der Waals surface area contributed by atoms with Crippen LogP contribution in [0.3, 0.4) is 0 Å². The molecular weight excluding hydrogens is 380 g/mol. The minimum absolute atomic E-state index is 0.170. The monoisotopic (exact) mass is 396 g/mol. The van der Waals surface area contributed by atoms with Gasteiger partial charge in [-0.3, -0.25) is 9.78 Å². The molecule has 1 heterocycles. The van der Waals surface area contributed by atoms with E-state index in [0.29, 0.717) is 11.3 Å². The number of aromatic nitrogens is 1. The molecule has 5 heteroatoms. The Morgan fingerprint density at radius 2 is 1.88 bits per heavy atom. The summed E-state index contributed by atoms with van der Waals surface area (Å²) < 4.78 is 6.95. The van der Waals surface area contributed by atoms with E-state index in [0.717, 1.165) is 15.4 Å². The van der Waals surface area contributed by atoms with Crippen molar-refractivity contribution in [2.75, 3.05) is 14.1 Å². The lowest BCUT2D eigenvalue weighted by Crippen LogP contribution is -2.14. The molecule has 0 saturated carbocycles. The fraction of sp³-hybridized carbons (Fsp3) is 0.100. The molecule has 0 unspecified atom stereocenters. The van der Waals surface area contributed by atoms with Gasteiger partial charge in [0.15, 0.2) is 5.76 Å². The molecule has 0 saturated heterocycles. The molecule has 0 atom stereocenters. The summed E-state index contributed by atoms with van der Waals surface area (Å²) in [5.74, 6) is 0.679. The van der Waals surface area contributed by atoms with Gasteiger partial charge in [-0.15, -0.1) is 0 Å². The summed E-state index contributed by atoms with van der Waals surface area (Å²) >= 11 is 3.44. The smallest absolute Gasteiger partial charge is 0.229 e. The number of benzene rings is 2. The predicted molar refractivity (Wildman–Crippen MR) is 103 cm³/mol. The molecule has 1 aromatic heterocycles. The van der Waals surface area contributed by atoms with Gasteiger partial charge in [0.05, 0.1) is 5.52 Å². The normalized spacial score (nSPS) is 11.4. The maximum Gasteiger partial charge on any atom is 0.229 e. The second-order valence-corrected chi connectivity index (χ2v) is 6.64. The number of halogens is 1. The molecule has 0 aliphatic rings. The van der Waals surface area contributed by atoms with Gasteiger partial charge in [0.1, 0.15) is 5.75 Å². The quantitative estimate of drug-likeness (QED) is 0.357. The topological polar surface area (TPSA) is 42.4 Å². The highest BCUT2D eigenvalue weighted by atomic mass is 79.9. The van der Waals surface area contributed by atoms with Gasteiger partial charge in [0.2, 0.25) is 5.78 Å². The SMILES string of the molecule is CN(C)C=C(Oc1ccnc2cc(Br)ccc12)C(=O)c1ccccc1. The number of carbonyl (C=O) groups is 1. The molecule has 0 spiro atoms. The average molecular weight is 397 g/mol. The Morgan fingerprint density at radius 1 is 1.12 bits per heavy atom. The van der Waals surface area contributed by atoms with E-state index >= 15 is 0 Å². The van der Waals surface area contributed by atoms with Gasteiger partial charge >= 0.3 is 0 Å². The first-order valence-electron chi connectivity index (χ1n) is 7.75. The number of carbonyl (C=O) groups excluding carboxylic acids is 1. The number of allylic oxidation sites excluding steroid dienone is 1. The first-order valence-corrected chi connectivity index (χ1v) is 8.54. The van der Waals surface area contributed by atoms with Crippen LogP contribution in [0.1, 0.15) is 10.4 Å². The molecule has 0 radical (unpaired) electrons. The lowest BCUT2D eigenvalue weighted by molar-refractivity contribution is 0.0983. The molecule has 0 amide bonds. The lowest BCUT2D eigenvalue weighted by atomic mass is 10.1. The van der Waals surface area contributed by atoms with Crippen molar-refractivity contribution < 1.29 is 9.53 Å². The Morgan fingerprint density at radius 3 is 2.60 bits per heavy atom. The van der Waals surface area contributed by atoms with Gasteiger partial charge in [-0.05, 0) is 24.3 Å². The molecule has 3 aromatic rings. The predicted octanol–water partition coefficient (Wildman–Crippen LogP) is 4.66. The maximum absolute atomic E-state index is 12.8. The van der Waals surface area contributed by atoms with Crippen LogP contribution in [0.25, 0.3) is 10.9 Å². The van der Waals surface area contributed by atoms with Gasteiger partial charge in [-0.2, -0.15) is 0 Å². The summed E-state index contributed by atoms with van der Waals surface area (Å²) in [7, 11) is 3.70. The summed E-state index contributed by atoms with van der Waals surface area (Å²) in [6, 6.07) is 16.6.